The van der Waals surface area contributed by atoms with Gasteiger partial charge < -0.3 is 0 Å². The van der Waals surface area contributed by atoms with Crippen LogP contribution in [0.15, 0.2) is 24.3 Å². The molecule has 19 heavy (non-hydrogen) atoms. The predicted molar refractivity (Wildman–Crippen MR) is 87.6 cm³/mol. The highest BCUT2D eigenvalue weighted by Gasteiger charge is 1.98. The van der Waals surface area contributed by atoms with Gasteiger partial charge in [0.15, 0.2) is 0 Å². The summed E-state index contributed by atoms with van der Waals surface area (Å²) in [4.78, 5) is 0. The molecule has 0 radical (unpaired) electrons. The lowest BCUT2D eigenvalue weighted by molar-refractivity contribution is 0.589. The fourth-order valence-corrected chi connectivity index (χ4v) is 2.49. The van der Waals surface area contributed by atoms with E-state index < -0.39 is 0 Å². The molecule has 0 aliphatic carbocycles. The predicted octanol–water partition coefficient (Wildman–Crippen LogP) is 6.32. The third kappa shape index (κ3) is 6.61. The van der Waals surface area contributed by atoms with Crippen LogP contribution in [-0.4, -0.2) is 0 Å². The first-order valence-corrected chi connectivity index (χ1v) is 8.00. The van der Waals surface area contributed by atoms with Gasteiger partial charge in [0.1, 0.15) is 0 Å². The van der Waals surface area contributed by atoms with Gasteiger partial charge in [-0.15, -0.1) is 0 Å². The number of hydrogen-bond acceptors (Lipinski definition) is 0. The molecule has 0 saturated heterocycles. The zero-order chi connectivity index (χ0) is 13.9. The van der Waals surface area contributed by atoms with E-state index in [0.29, 0.717) is 0 Å². The smallest absolute Gasteiger partial charge is 0.0228 e. The van der Waals surface area contributed by atoms with Crippen LogP contribution in [0.1, 0.15) is 75.5 Å². The Bertz CT molecular complexity index is 374. The van der Waals surface area contributed by atoms with Crippen LogP contribution < -0.4 is 0 Å². The van der Waals surface area contributed by atoms with E-state index in [0.717, 1.165) is 0 Å². The first-order valence-electron chi connectivity index (χ1n) is 8.00. The average molecular weight is 258 g/mol. The summed E-state index contributed by atoms with van der Waals surface area (Å²) in [6.07, 6.45) is 15.3. The van der Waals surface area contributed by atoms with Crippen molar-refractivity contribution in [3.05, 3.63) is 41.0 Å². The van der Waals surface area contributed by atoms with Gasteiger partial charge in [0.2, 0.25) is 0 Å². The topological polar surface area (TPSA) is 0 Å². The molecule has 0 saturated carbocycles. The molecular weight excluding hydrogens is 228 g/mol. The van der Waals surface area contributed by atoms with Crippen LogP contribution in [-0.2, 0) is 6.42 Å². The van der Waals surface area contributed by atoms with Gasteiger partial charge in [0.25, 0.3) is 0 Å². The van der Waals surface area contributed by atoms with Gasteiger partial charge in [-0.1, -0.05) is 75.8 Å². The van der Waals surface area contributed by atoms with Crippen molar-refractivity contribution in [3.8, 4) is 0 Å². The van der Waals surface area contributed by atoms with E-state index in [-0.39, 0.29) is 0 Å². The summed E-state index contributed by atoms with van der Waals surface area (Å²) in [5, 5.41) is 0. The minimum absolute atomic E-state index is 1.23. The minimum Gasteiger partial charge on any atom is -0.0871 e. The third-order valence-electron chi connectivity index (χ3n) is 3.76. The lowest BCUT2D eigenvalue weighted by Gasteiger charge is -2.06. The fraction of sp³-hybridized carbons (Fsp3) is 0.579. The fourth-order valence-electron chi connectivity index (χ4n) is 2.49. The molecule has 0 fully saturated rings. The molecule has 0 aliphatic heterocycles. The lowest BCUT2D eigenvalue weighted by Crippen LogP contribution is -1.89. The normalized spacial score (nSPS) is 11.3. The van der Waals surface area contributed by atoms with Crippen molar-refractivity contribution in [1.29, 1.82) is 0 Å². The van der Waals surface area contributed by atoms with Crippen LogP contribution in [0.25, 0.3) is 6.08 Å². The summed E-state index contributed by atoms with van der Waals surface area (Å²) in [5.41, 5.74) is 4.25. The molecule has 0 aliphatic rings. The molecular formula is C19H30. The average Bonchev–Trinajstić information content (AvgIpc) is 2.41. The monoisotopic (exact) mass is 258 g/mol. The van der Waals surface area contributed by atoms with Crippen molar-refractivity contribution >= 4 is 6.08 Å². The van der Waals surface area contributed by atoms with E-state index in [1.54, 1.807) is 0 Å². The van der Waals surface area contributed by atoms with Gasteiger partial charge in [-0.2, -0.15) is 0 Å². The Kier molecular flexibility index (Phi) is 8.29. The number of rotatable bonds is 9. The first kappa shape index (κ1) is 16.0. The molecule has 0 amide bonds. The van der Waals surface area contributed by atoms with Gasteiger partial charge in [0, 0.05) is 0 Å². The van der Waals surface area contributed by atoms with Gasteiger partial charge in [-0.05, 0) is 43.4 Å². The number of hydrogen-bond donors (Lipinski definition) is 0. The van der Waals surface area contributed by atoms with E-state index in [2.05, 4.69) is 51.1 Å². The molecule has 0 N–H and O–H groups in total. The Labute approximate surface area is 119 Å². The molecule has 0 unspecified atom stereocenters. The van der Waals surface area contributed by atoms with Crippen LogP contribution in [0.3, 0.4) is 0 Å². The zero-order valence-electron chi connectivity index (χ0n) is 13.0. The van der Waals surface area contributed by atoms with Crippen LogP contribution >= 0.6 is 0 Å². The Hall–Kier alpha value is -1.04. The standard InChI is InChI=1S/C19H30/c1-4-6-7-8-9-10-11-13-18-15-14-17(3)19(16-18)12-5-2/h5,12,14-16H,4,6-11,13H2,1-3H3/b12-5-. The second-order valence-electron chi connectivity index (χ2n) is 5.56. The number of benzene rings is 1. The Morgan fingerprint density at radius 2 is 1.63 bits per heavy atom. The summed E-state index contributed by atoms with van der Waals surface area (Å²) in [5.74, 6) is 0. The lowest BCUT2D eigenvalue weighted by atomic mass is 10.00. The van der Waals surface area contributed by atoms with Crippen LogP contribution in [0.4, 0.5) is 0 Å². The maximum absolute atomic E-state index is 2.35. The van der Waals surface area contributed by atoms with E-state index in [1.807, 2.05) is 0 Å². The van der Waals surface area contributed by atoms with Crippen molar-refractivity contribution < 1.29 is 0 Å². The van der Waals surface area contributed by atoms with Gasteiger partial charge in [0.05, 0.1) is 0 Å². The maximum atomic E-state index is 2.35. The van der Waals surface area contributed by atoms with E-state index in [4.69, 9.17) is 0 Å². The van der Waals surface area contributed by atoms with Crippen molar-refractivity contribution in [2.75, 3.05) is 0 Å². The summed E-state index contributed by atoms with van der Waals surface area (Å²) in [7, 11) is 0. The summed E-state index contributed by atoms with van der Waals surface area (Å²) in [6, 6.07) is 6.90. The van der Waals surface area contributed by atoms with Gasteiger partial charge in [-0.3, -0.25) is 0 Å². The summed E-state index contributed by atoms with van der Waals surface area (Å²) in [6.45, 7) is 6.55. The highest BCUT2D eigenvalue weighted by molar-refractivity contribution is 5.54. The highest BCUT2D eigenvalue weighted by Crippen LogP contribution is 2.16. The van der Waals surface area contributed by atoms with Gasteiger partial charge in [-0.25, -0.2) is 0 Å². The number of allylic oxidation sites excluding steroid dienone is 1. The number of aryl methyl sites for hydroxylation is 2. The molecule has 0 aromatic heterocycles. The molecule has 0 nitrogen and oxygen atoms in total. The second-order valence-corrected chi connectivity index (χ2v) is 5.56. The Balaban J connectivity index is 2.27. The van der Waals surface area contributed by atoms with Gasteiger partial charge >= 0.3 is 0 Å². The highest BCUT2D eigenvalue weighted by atomic mass is 14.0. The van der Waals surface area contributed by atoms with Crippen LogP contribution in [0, 0.1) is 6.92 Å². The van der Waals surface area contributed by atoms with E-state index in [1.165, 1.54) is 68.1 Å². The molecule has 0 heterocycles. The first-order chi connectivity index (χ1) is 9.27. The van der Waals surface area contributed by atoms with Crippen LogP contribution in [0.2, 0.25) is 0 Å². The Morgan fingerprint density at radius 3 is 2.32 bits per heavy atom. The minimum atomic E-state index is 1.23. The summed E-state index contributed by atoms with van der Waals surface area (Å²) < 4.78 is 0. The molecule has 1 aromatic carbocycles. The molecule has 0 bridgehead atoms. The quantitative estimate of drug-likeness (QED) is 0.454. The van der Waals surface area contributed by atoms with Crippen LogP contribution in [0.5, 0.6) is 0 Å². The molecule has 1 rings (SSSR count). The molecule has 106 valence electrons. The zero-order valence-corrected chi connectivity index (χ0v) is 13.0. The van der Waals surface area contributed by atoms with E-state index >= 15 is 0 Å². The van der Waals surface area contributed by atoms with Crippen molar-refractivity contribution in [2.24, 2.45) is 0 Å². The SMILES string of the molecule is C/C=C\c1cc(CCCCCCCCC)ccc1C. The van der Waals surface area contributed by atoms with E-state index in [9.17, 15) is 0 Å². The summed E-state index contributed by atoms with van der Waals surface area (Å²) >= 11 is 0. The molecule has 0 atom stereocenters. The maximum Gasteiger partial charge on any atom is -0.0228 e. The third-order valence-corrected chi connectivity index (χ3v) is 3.76. The molecule has 0 spiro atoms. The van der Waals surface area contributed by atoms with Crippen molar-refractivity contribution in [2.45, 2.75) is 72.1 Å². The number of unbranched alkanes of at least 4 members (excludes halogenated alkanes) is 6. The molecule has 1 aromatic rings. The molecule has 0 heteroatoms. The van der Waals surface area contributed by atoms with Crippen molar-refractivity contribution in [3.63, 3.8) is 0 Å². The largest absolute Gasteiger partial charge is 0.0871 e. The Morgan fingerprint density at radius 1 is 0.947 bits per heavy atom. The van der Waals surface area contributed by atoms with Crippen molar-refractivity contribution in [1.82, 2.24) is 0 Å². The second kappa shape index (κ2) is 9.83.